The molecule has 3 heteroatoms. The third-order valence-corrected chi connectivity index (χ3v) is 2.21. The monoisotopic (exact) mass is 156 g/mol. The second kappa shape index (κ2) is 3.72. The first kappa shape index (κ1) is 8.53. The molecule has 11 heavy (non-hydrogen) atoms. The van der Waals surface area contributed by atoms with Crippen molar-refractivity contribution in [1.82, 2.24) is 10.2 Å². The van der Waals surface area contributed by atoms with E-state index in [1.807, 2.05) is 18.7 Å². The van der Waals surface area contributed by atoms with E-state index in [2.05, 4.69) is 5.32 Å². The first-order valence-electron chi connectivity index (χ1n) is 4.29. The van der Waals surface area contributed by atoms with E-state index in [-0.39, 0.29) is 5.92 Å². The molecule has 64 valence electrons. The minimum absolute atomic E-state index is 0.259. The Balaban J connectivity index is 2.36. The summed E-state index contributed by atoms with van der Waals surface area (Å²) in [5.41, 5.74) is 0. The molecule has 1 heterocycles. The molecule has 0 aromatic heterocycles. The maximum absolute atomic E-state index is 11.5. The van der Waals surface area contributed by atoms with Gasteiger partial charge in [0.1, 0.15) is 0 Å². The summed E-state index contributed by atoms with van der Waals surface area (Å²) in [6.45, 7) is 7.46. The zero-order valence-corrected chi connectivity index (χ0v) is 7.26. The molecular weight excluding hydrogens is 140 g/mol. The van der Waals surface area contributed by atoms with Crippen molar-refractivity contribution in [3.05, 3.63) is 0 Å². The van der Waals surface area contributed by atoms with Crippen LogP contribution in [0.2, 0.25) is 0 Å². The summed E-state index contributed by atoms with van der Waals surface area (Å²) >= 11 is 0. The molecule has 0 bridgehead atoms. The number of nitrogens with one attached hydrogen (secondary N) is 1. The number of amides is 1. The lowest BCUT2D eigenvalue weighted by atomic mass is 10.0. The second-order valence-corrected chi connectivity index (χ2v) is 2.87. The summed E-state index contributed by atoms with van der Waals surface area (Å²) in [5.74, 6) is 0.573. The number of hydrogen-bond acceptors (Lipinski definition) is 2. The van der Waals surface area contributed by atoms with Crippen LogP contribution < -0.4 is 5.32 Å². The topological polar surface area (TPSA) is 32.3 Å². The van der Waals surface area contributed by atoms with Gasteiger partial charge in [0.2, 0.25) is 5.91 Å². The largest absolute Gasteiger partial charge is 0.343 e. The minimum atomic E-state index is 0.259. The van der Waals surface area contributed by atoms with Crippen molar-refractivity contribution in [1.29, 1.82) is 0 Å². The normalized spacial score (nSPS) is 17.6. The van der Waals surface area contributed by atoms with Gasteiger partial charge < -0.3 is 10.2 Å². The third kappa shape index (κ3) is 1.71. The van der Waals surface area contributed by atoms with Gasteiger partial charge in [0, 0.05) is 26.2 Å². The van der Waals surface area contributed by atoms with Crippen molar-refractivity contribution in [3.63, 3.8) is 0 Å². The van der Waals surface area contributed by atoms with Gasteiger partial charge in [0.15, 0.2) is 0 Å². The standard InChI is InChI=1S/C8H16N2O/c1-3-10(4-2)8(11)7-5-9-6-7/h7,9H,3-6H2,1-2H3. The van der Waals surface area contributed by atoms with Crippen LogP contribution in [0.3, 0.4) is 0 Å². The van der Waals surface area contributed by atoms with E-state index < -0.39 is 0 Å². The van der Waals surface area contributed by atoms with Crippen LogP contribution in [0.15, 0.2) is 0 Å². The van der Waals surface area contributed by atoms with Crippen LogP contribution in [-0.2, 0) is 4.79 Å². The molecule has 0 atom stereocenters. The Bertz CT molecular complexity index is 139. The lowest BCUT2D eigenvalue weighted by molar-refractivity contribution is -0.136. The van der Waals surface area contributed by atoms with Crippen molar-refractivity contribution >= 4 is 5.91 Å². The van der Waals surface area contributed by atoms with Crippen LogP contribution in [0.25, 0.3) is 0 Å². The highest BCUT2D eigenvalue weighted by atomic mass is 16.2. The summed E-state index contributed by atoms with van der Waals surface area (Å²) in [4.78, 5) is 13.4. The summed E-state index contributed by atoms with van der Waals surface area (Å²) in [6.07, 6.45) is 0. The van der Waals surface area contributed by atoms with Gasteiger partial charge in [-0.2, -0.15) is 0 Å². The summed E-state index contributed by atoms with van der Waals surface area (Å²) < 4.78 is 0. The van der Waals surface area contributed by atoms with Crippen LogP contribution in [-0.4, -0.2) is 37.0 Å². The van der Waals surface area contributed by atoms with Crippen molar-refractivity contribution < 1.29 is 4.79 Å². The Morgan fingerprint density at radius 1 is 1.45 bits per heavy atom. The van der Waals surface area contributed by atoms with Gasteiger partial charge in [0.25, 0.3) is 0 Å². The molecule has 0 radical (unpaired) electrons. The molecule has 0 saturated carbocycles. The smallest absolute Gasteiger partial charge is 0.228 e. The summed E-state index contributed by atoms with van der Waals surface area (Å²) in [7, 11) is 0. The Morgan fingerprint density at radius 2 is 2.00 bits per heavy atom. The first-order chi connectivity index (χ1) is 5.29. The minimum Gasteiger partial charge on any atom is -0.343 e. The summed E-state index contributed by atoms with van der Waals surface area (Å²) in [5, 5.41) is 3.10. The van der Waals surface area contributed by atoms with Gasteiger partial charge in [0.05, 0.1) is 5.92 Å². The molecule has 0 spiro atoms. The first-order valence-corrected chi connectivity index (χ1v) is 4.29. The quantitative estimate of drug-likeness (QED) is 0.627. The number of nitrogens with zero attached hydrogens (tertiary/aromatic N) is 1. The van der Waals surface area contributed by atoms with Crippen molar-refractivity contribution in [2.24, 2.45) is 5.92 Å². The highest BCUT2D eigenvalue weighted by molar-refractivity contribution is 5.80. The van der Waals surface area contributed by atoms with Crippen molar-refractivity contribution in [2.45, 2.75) is 13.8 Å². The van der Waals surface area contributed by atoms with E-state index in [1.54, 1.807) is 0 Å². The highest BCUT2D eigenvalue weighted by Gasteiger charge is 2.27. The summed E-state index contributed by atoms with van der Waals surface area (Å²) in [6, 6.07) is 0. The number of hydrogen-bond donors (Lipinski definition) is 1. The van der Waals surface area contributed by atoms with Gasteiger partial charge >= 0.3 is 0 Å². The van der Waals surface area contributed by atoms with Crippen LogP contribution in [0.4, 0.5) is 0 Å². The van der Waals surface area contributed by atoms with Gasteiger partial charge in [-0.1, -0.05) is 0 Å². The fraction of sp³-hybridized carbons (Fsp3) is 0.875. The number of carbonyl (C=O) groups is 1. The zero-order chi connectivity index (χ0) is 8.27. The molecule has 1 N–H and O–H groups in total. The molecule has 0 aromatic rings. The van der Waals surface area contributed by atoms with Crippen LogP contribution in [0.5, 0.6) is 0 Å². The van der Waals surface area contributed by atoms with Crippen LogP contribution in [0, 0.1) is 5.92 Å². The van der Waals surface area contributed by atoms with E-state index in [0.717, 1.165) is 26.2 Å². The molecule has 0 aromatic carbocycles. The van der Waals surface area contributed by atoms with Gasteiger partial charge in [-0.15, -0.1) is 0 Å². The fourth-order valence-electron chi connectivity index (χ4n) is 1.26. The molecular formula is C8H16N2O. The predicted molar refractivity (Wildman–Crippen MR) is 44.3 cm³/mol. The molecule has 0 unspecified atom stereocenters. The van der Waals surface area contributed by atoms with Crippen LogP contribution >= 0.6 is 0 Å². The average molecular weight is 156 g/mol. The molecule has 0 aliphatic carbocycles. The Labute approximate surface area is 67.8 Å². The Morgan fingerprint density at radius 3 is 2.27 bits per heavy atom. The molecule has 1 fully saturated rings. The SMILES string of the molecule is CCN(CC)C(=O)C1CNC1. The predicted octanol–water partition coefficient (Wildman–Crippen LogP) is 0.0742. The lowest BCUT2D eigenvalue weighted by Gasteiger charge is -2.31. The lowest BCUT2D eigenvalue weighted by Crippen LogP contribution is -2.51. The maximum Gasteiger partial charge on any atom is 0.228 e. The van der Waals surface area contributed by atoms with Gasteiger partial charge in [-0.25, -0.2) is 0 Å². The second-order valence-electron chi connectivity index (χ2n) is 2.87. The van der Waals surface area contributed by atoms with Gasteiger partial charge in [-0.3, -0.25) is 4.79 Å². The average Bonchev–Trinajstić information content (AvgIpc) is 1.86. The number of carbonyl (C=O) groups excluding carboxylic acids is 1. The van der Waals surface area contributed by atoms with Crippen molar-refractivity contribution in [2.75, 3.05) is 26.2 Å². The zero-order valence-electron chi connectivity index (χ0n) is 7.26. The molecule has 1 rings (SSSR count). The van der Waals surface area contributed by atoms with E-state index in [1.165, 1.54) is 0 Å². The molecule has 1 aliphatic heterocycles. The maximum atomic E-state index is 11.5. The Kier molecular flexibility index (Phi) is 2.88. The third-order valence-electron chi connectivity index (χ3n) is 2.21. The molecule has 1 amide bonds. The molecule has 1 saturated heterocycles. The van der Waals surface area contributed by atoms with E-state index in [4.69, 9.17) is 0 Å². The fourth-order valence-corrected chi connectivity index (χ4v) is 1.26. The molecule has 1 aliphatic rings. The van der Waals surface area contributed by atoms with Gasteiger partial charge in [-0.05, 0) is 13.8 Å². The van der Waals surface area contributed by atoms with E-state index >= 15 is 0 Å². The number of rotatable bonds is 3. The Hall–Kier alpha value is -0.570. The highest BCUT2D eigenvalue weighted by Crippen LogP contribution is 2.07. The molecule has 3 nitrogen and oxygen atoms in total. The van der Waals surface area contributed by atoms with E-state index in [9.17, 15) is 4.79 Å². The van der Waals surface area contributed by atoms with Crippen molar-refractivity contribution in [3.8, 4) is 0 Å². The van der Waals surface area contributed by atoms with E-state index in [0.29, 0.717) is 5.91 Å². The van der Waals surface area contributed by atoms with Crippen LogP contribution in [0.1, 0.15) is 13.8 Å².